The summed E-state index contributed by atoms with van der Waals surface area (Å²) in [5, 5.41) is 3.24. The van der Waals surface area contributed by atoms with E-state index in [-0.39, 0.29) is 5.91 Å². The lowest BCUT2D eigenvalue weighted by atomic mass is 10.1. The van der Waals surface area contributed by atoms with Crippen LogP contribution >= 0.6 is 11.6 Å². The van der Waals surface area contributed by atoms with E-state index in [9.17, 15) is 4.79 Å². The van der Waals surface area contributed by atoms with Crippen molar-refractivity contribution in [2.24, 2.45) is 0 Å². The van der Waals surface area contributed by atoms with Gasteiger partial charge in [-0.1, -0.05) is 11.6 Å². The number of nitrogen functional groups attached to an aromatic ring is 1. The molecule has 2 rings (SSSR count). The number of ether oxygens (including phenoxy) is 1. The molecule has 0 aliphatic heterocycles. The standard InChI is InChI=1S/C13H12ClN3O2/c1-19-9-3-4-11(15)10(6-9)13(18)17-12-5-2-8(14)7-16-12/h2-7H,15H2,1H3,(H,16,17,18)/p+1. The number of anilines is 2. The first-order chi connectivity index (χ1) is 9.10. The minimum absolute atomic E-state index is 0.324. The minimum Gasteiger partial charge on any atom is -0.497 e. The smallest absolute Gasteiger partial charge is 0.341 e. The second-order valence-electron chi connectivity index (χ2n) is 3.83. The highest BCUT2D eigenvalue weighted by Gasteiger charge is 2.16. The van der Waals surface area contributed by atoms with E-state index in [1.54, 1.807) is 36.5 Å². The molecule has 0 saturated heterocycles. The summed E-state index contributed by atoms with van der Waals surface area (Å²) in [4.78, 5) is 14.9. The van der Waals surface area contributed by atoms with Gasteiger partial charge in [-0.25, -0.2) is 15.1 Å². The van der Waals surface area contributed by atoms with E-state index in [0.717, 1.165) is 0 Å². The van der Waals surface area contributed by atoms with Crippen molar-refractivity contribution in [1.82, 2.24) is 0 Å². The van der Waals surface area contributed by atoms with Crippen molar-refractivity contribution in [2.75, 3.05) is 18.2 Å². The van der Waals surface area contributed by atoms with Crippen LogP contribution in [0.15, 0.2) is 36.5 Å². The third-order valence-electron chi connectivity index (χ3n) is 2.53. The fourth-order valence-electron chi connectivity index (χ4n) is 1.53. The number of H-pyrrole nitrogens is 1. The van der Waals surface area contributed by atoms with Crippen LogP contribution in [0.2, 0.25) is 5.02 Å². The predicted octanol–water partition coefficient (Wildman–Crippen LogP) is 2.00. The molecule has 2 aromatic rings. The maximum atomic E-state index is 12.1. The zero-order valence-electron chi connectivity index (χ0n) is 10.2. The maximum absolute atomic E-state index is 12.1. The molecule has 0 radical (unpaired) electrons. The zero-order chi connectivity index (χ0) is 13.8. The first-order valence-corrected chi connectivity index (χ1v) is 5.90. The molecule has 0 fully saturated rings. The van der Waals surface area contributed by atoms with E-state index in [1.807, 2.05) is 0 Å². The van der Waals surface area contributed by atoms with Crippen LogP contribution in [0, 0.1) is 0 Å². The van der Waals surface area contributed by atoms with Gasteiger partial charge in [-0.3, -0.25) is 0 Å². The van der Waals surface area contributed by atoms with Gasteiger partial charge in [-0.05, 0) is 24.3 Å². The zero-order valence-corrected chi connectivity index (χ0v) is 11.0. The Hall–Kier alpha value is -2.27. The second kappa shape index (κ2) is 5.58. The fourth-order valence-corrected chi connectivity index (χ4v) is 1.65. The Bertz CT molecular complexity index is 599. The Labute approximate surface area is 115 Å². The molecule has 0 saturated carbocycles. The first-order valence-electron chi connectivity index (χ1n) is 5.52. The van der Waals surface area contributed by atoms with Crippen molar-refractivity contribution in [2.45, 2.75) is 0 Å². The SMILES string of the molecule is COc1ccc(N)c(C(=O)Nc2ccc(Cl)c[nH+]2)c1. The largest absolute Gasteiger partial charge is 0.497 e. The van der Waals surface area contributed by atoms with Gasteiger partial charge < -0.3 is 10.5 Å². The second-order valence-corrected chi connectivity index (χ2v) is 4.26. The fraction of sp³-hybridized carbons (Fsp3) is 0.0769. The average molecular weight is 279 g/mol. The van der Waals surface area contributed by atoms with Crippen molar-refractivity contribution in [3.63, 3.8) is 0 Å². The summed E-state index contributed by atoms with van der Waals surface area (Å²) in [5.74, 6) is 0.769. The number of aromatic nitrogens is 1. The van der Waals surface area contributed by atoms with Crippen LogP contribution in [0.5, 0.6) is 5.75 Å². The van der Waals surface area contributed by atoms with Crippen LogP contribution in [-0.2, 0) is 0 Å². The Morgan fingerprint density at radius 3 is 2.79 bits per heavy atom. The number of nitrogens with two attached hydrogens (primary N) is 1. The molecule has 19 heavy (non-hydrogen) atoms. The lowest BCUT2D eigenvalue weighted by molar-refractivity contribution is -0.360. The number of nitrogens with one attached hydrogen (secondary N) is 2. The number of aromatic amines is 1. The van der Waals surface area contributed by atoms with Gasteiger partial charge in [0, 0.05) is 11.8 Å². The summed E-state index contributed by atoms with van der Waals surface area (Å²) in [6.07, 6.45) is 1.58. The molecule has 0 bridgehead atoms. The number of hydrogen-bond donors (Lipinski definition) is 2. The number of benzene rings is 1. The van der Waals surface area contributed by atoms with Gasteiger partial charge in [0.2, 0.25) is 0 Å². The van der Waals surface area contributed by atoms with Crippen LogP contribution in [0.4, 0.5) is 11.5 Å². The lowest BCUT2D eigenvalue weighted by Crippen LogP contribution is -2.20. The van der Waals surface area contributed by atoms with Crippen LogP contribution in [0.3, 0.4) is 0 Å². The Morgan fingerprint density at radius 1 is 1.37 bits per heavy atom. The van der Waals surface area contributed by atoms with Crippen molar-refractivity contribution in [1.29, 1.82) is 0 Å². The van der Waals surface area contributed by atoms with Crippen LogP contribution in [-0.4, -0.2) is 13.0 Å². The van der Waals surface area contributed by atoms with Gasteiger partial charge >= 0.3 is 5.91 Å². The highest BCUT2D eigenvalue weighted by Crippen LogP contribution is 2.20. The number of carbonyl (C=O) groups excluding carboxylic acids is 1. The third-order valence-corrected chi connectivity index (χ3v) is 2.76. The molecule has 1 aromatic carbocycles. The van der Waals surface area contributed by atoms with Crippen LogP contribution in [0.1, 0.15) is 10.4 Å². The van der Waals surface area contributed by atoms with E-state index in [0.29, 0.717) is 27.8 Å². The molecule has 6 heteroatoms. The van der Waals surface area contributed by atoms with Gasteiger partial charge in [0.05, 0.1) is 17.7 Å². The quantitative estimate of drug-likeness (QED) is 0.843. The summed E-state index contributed by atoms with van der Waals surface area (Å²) < 4.78 is 5.07. The Morgan fingerprint density at radius 2 is 2.16 bits per heavy atom. The molecular formula is C13H13ClN3O2+. The number of carbonyl (C=O) groups is 1. The molecular weight excluding hydrogens is 266 g/mol. The van der Waals surface area contributed by atoms with E-state index in [4.69, 9.17) is 22.1 Å². The summed E-state index contributed by atoms with van der Waals surface area (Å²) in [7, 11) is 1.53. The molecule has 98 valence electrons. The van der Waals surface area contributed by atoms with E-state index < -0.39 is 0 Å². The number of halogens is 1. The summed E-state index contributed by atoms with van der Waals surface area (Å²) in [6, 6.07) is 8.24. The van der Waals surface area contributed by atoms with E-state index in [2.05, 4.69) is 10.3 Å². The van der Waals surface area contributed by atoms with E-state index in [1.165, 1.54) is 7.11 Å². The maximum Gasteiger partial charge on any atom is 0.341 e. The first kappa shape index (κ1) is 13.2. The average Bonchev–Trinajstić information content (AvgIpc) is 2.42. The Kier molecular flexibility index (Phi) is 3.87. The molecule has 1 heterocycles. The number of methoxy groups -OCH3 is 1. The molecule has 0 aliphatic rings. The molecule has 1 amide bonds. The van der Waals surface area contributed by atoms with E-state index >= 15 is 0 Å². The molecule has 0 spiro atoms. The summed E-state index contributed by atoms with van der Waals surface area (Å²) in [5.41, 5.74) is 6.51. The monoisotopic (exact) mass is 278 g/mol. The lowest BCUT2D eigenvalue weighted by Gasteiger charge is -2.05. The van der Waals surface area contributed by atoms with Crippen molar-refractivity contribution in [3.8, 4) is 5.75 Å². The van der Waals surface area contributed by atoms with Crippen LogP contribution in [0.25, 0.3) is 0 Å². The topological polar surface area (TPSA) is 78.5 Å². The number of amides is 1. The number of hydrogen-bond acceptors (Lipinski definition) is 3. The van der Waals surface area contributed by atoms with Gasteiger partial charge in [0.15, 0.2) is 0 Å². The Balaban J connectivity index is 2.22. The highest BCUT2D eigenvalue weighted by atomic mass is 35.5. The predicted molar refractivity (Wildman–Crippen MR) is 73.4 cm³/mol. The van der Waals surface area contributed by atoms with Gasteiger partial charge in [0.1, 0.15) is 11.9 Å². The number of rotatable bonds is 3. The van der Waals surface area contributed by atoms with Crippen molar-refractivity contribution in [3.05, 3.63) is 47.1 Å². The van der Waals surface area contributed by atoms with Crippen molar-refractivity contribution >= 4 is 29.0 Å². The molecule has 0 aliphatic carbocycles. The van der Waals surface area contributed by atoms with Crippen molar-refractivity contribution < 1.29 is 14.5 Å². The molecule has 5 nitrogen and oxygen atoms in total. The summed E-state index contributed by atoms with van der Waals surface area (Å²) in [6.45, 7) is 0. The molecule has 1 aromatic heterocycles. The highest BCUT2D eigenvalue weighted by molar-refractivity contribution is 6.30. The van der Waals surface area contributed by atoms with Gasteiger partial charge in [-0.15, -0.1) is 0 Å². The van der Waals surface area contributed by atoms with Gasteiger partial charge in [-0.2, -0.15) is 0 Å². The van der Waals surface area contributed by atoms with Crippen LogP contribution < -0.4 is 20.8 Å². The number of pyridine rings is 1. The third kappa shape index (κ3) is 3.14. The molecule has 4 N–H and O–H groups in total. The molecule has 0 unspecified atom stereocenters. The molecule has 0 atom stereocenters. The van der Waals surface area contributed by atoms with Gasteiger partial charge in [0.25, 0.3) is 5.82 Å². The normalized spacial score (nSPS) is 10.0. The summed E-state index contributed by atoms with van der Waals surface area (Å²) >= 11 is 5.75. The minimum atomic E-state index is -0.324.